The number of hydrogen-bond acceptors (Lipinski definition) is 3. The minimum atomic E-state index is -4.38. The van der Waals surface area contributed by atoms with E-state index >= 15 is 0 Å². The molecule has 0 bridgehead atoms. The van der Waals surface area contributed by atoms with Gasteiger partial charge < -0.3 is 19.8 Å². The zero-order valence-electron chi connectivity index (χ0n) is 14.5. The van der Waals surface area contributed by atoms with Crippen LogP contribution in [0.2, 0.25) is 0 Å². The molecule has 0 fully saturated rings. The number of aliphatic imine (C=N–C) groups is 1. The Hall–Kier alpha value is -2.64. The van der Waals surface area contributed by atoms with Gasteiger partial charge in [-0.2, -0.15) is 13.2 Å². The van der Waals surface area contributed by atoms with Crippen molar-refractivity contribution in [2.45, 2.75) is 26.1 Å². The van der Waals surface area contributed by atoms with Crippen molar-refractivity contribution in [3.63, 3.8) is 0 Å². The van der Waals surface area contributed by atoms with Crippen LogP contribution in [0.4, 0.5) is 13.2 Å². The minimum Gasteiger partial charge on any atom is -0.484 e. The molecule has 0 aliphatic carbocycles. The normalized spacial score (nSPS) is 12.1. The highest BCUT2D eigenvalue weighted by atomic mass is 19.4. The van der Waals surface area contributed by atoms with Gasteiger partial charge in [-0.05, 0) is 25.1 Å². The van der Waals surface area contributed by atoms with Crippen LogP contribution in [0, 0.1) is 0 Å². The molecule has 0 radical (unpaired) electrons. The number of benzene rings is 1. The highest BCUT2D eigenvalue weighted by Gasteiger charge is 2.28. The topological polar surface area (TPSA) is 58.8 Å². The second-order valence-electron chi connectivity index (χ2n) is 5.46. The molecule has 0 spiro atoms. The SMILES string of the molecule is CCNC(=NCc1ccccc1OCC(F)(F)F)NCCc1ccco1. The van der Waals surface area contributed by atoms with Crippen LogP contribution < -0.4 is 15.4 Å². The van der Waals surface area contributed by atoms with Crippen molar-refractivity contribution in [3.8, 4) is 5.75 Å². The van der Waals surface area contributed by atoms with Gasteiger partial charge in [0.2, 0.25) is 0 Å². The lowest BCUT2D eigenvalue weighted by Gasteiger charge is -2.13. The maximum Gasteiger partial charge on any atom is 0.422 e. The van der Waals surface area contributed by atoms with Gasteiger partial charge in [0.15, 0.2) is 12.6 Å². The molecule has 8 heteroatoms. The van der Waals surface area contributed by atoms with Gasteiger partial charge in [0.1, 0.15) is 11.5 Å². The molecule has 0 saturated carbocycles. The van der Waals surface area contributed by atoms with E-state index in [1.165, 1.54) is 6.07 Å². The zero-order valence-corrected chi connectivity index (χ0v) is 14.5. The Labute approximate surface area is 150 Å². The average molecular weight is 369 g/mol. The number of halogens is 3. The fourth-order valence-electron chi connectivity index (χ4n) is 2.20. The highest BCUT2D eigenvalue weighted by molar-refractivity contribution is 5.79. The van der Waals surface area contributed by atoms with Crippen molar-refractivity contribution in [2.75, 3.05) is 19.7 Å². The van der Waals surface area contributed by atoms with Crippen LogP contribution in [-0.2, 0) is 13.0 Å². The van der Waals surface area contributed by atoms with E-state index in [1.807, 2.05) is 19.1 Å². The number of hydrogen-bond donors (Lipinski definition) is 2. The molecule has 0 atom stereocenters. The molecule has 142 valence electrons. The molecular formula is C18H22F3N3O2. The first-order chi connectivity index (χ1) is 12.5. The number of furan rings is 1. The number of para-hydroxylation sites is 1. The summed E-state index contributed by atoms with van der Waals surface area (Å²) in [6, 6.07) is 10.3. The first-order valence-corrected chi connectivity index (χ1v) is 8.30. The van der Waals surface area contributed by atoms with Gasteiger partial charge in [0.25, 0.3) is 0 Å². The number of guanidine groups is 1. The van der Waals surface area contributed by atoms with E-state index in [0.717, 1.165) is 5.76 Å². The third-order valence-electron chi connectivity index (χ3n) is 3.36. The summed E-state index contributed by atoms with van der Waals surface area (Å²) < 4.78 is 47.2. The average Bonchev–Trinajstić information content (AvgIpc) is 3.11. The number of rotatable bonds is 8. The number of alkyl halides is 3. The van der Waals surface area contributed by atoms with Gasteiger partial charge in [0.05, 0.1) is 12.8 Å². The van der Waals surface area contributed by atoms with E-state index in [-0.39, 0.29) is 12.3 Å². The number of nitrogens with one attached hydrogen (secondary N) is 2. The number of nitrogens with zero attached hydrogens (tertiary/aromatic N) is 1. The molecule has 0 aliphatic heterocycles. The molecule has 1 aromatic heterocycles. The third-order valence-corrected chi connectivity index (χ3v) is 3.36. The Balaban J connectivity index is 1.95. The van der Waals surface area contributed by atoms with Crippen LogP contribution in [0.5, 0.6) is 5.75 Å². The Morgan fingerprint density at radius 2 is 1.96 bits per heavy atom. The van der Waals surface area contributed by atoms with Crippen LogP contribution in [0.25, 0.3) is 0 Å². The third kappa shape index (κ3) is 7.08. The van der Waals surface area contributed by atoms with Gasteiger partial charge in [-0.15, -0.1) is 0 Å². The van der Waals surface area contributed by atoms with Gasteiger partial charge in [-0.1, -0.05) is 18.2 Å². The molecule has 0 aliphatic rings. The minimum absolute atomic E-state index is 0.181. The van der Waals surface area contributed by atoms with E-state index in [0.29, 0.717) is 31.0 Å². The lowest BCUT2D eigenvalue weighted by molar-refractivity contribution is -0.153. The van der Waals surface area contributed by atoms with Gasteiger partial charge in [-0.25, -0.2) is 4.99 Å². The Bertz CT molecular complexity index is 685. The largest absolute Gasteiger partial charge is 0.484 e. The molecule has 5 nitrogen and oxygen atoms in total. The summed E-state index contributed by atoms with van der Waals surface area (Å²) in [7, 11) is 0. The molecule has 1 aromatic carbocycles. The summed E-state index contributed by atoms with van der Waals surface area (Å²) in [4.78, 5) is 4.41. The maximum atomic E-state index is 12.4. The van der Waals surface area contributed by atoms with Crippen LogP contribution in [0.15, 0.2) is 52.1 Å². The number of ether oxygens (including phenoxy) is 1. The van der Waals surface area contributed by atoms with E-state index in [2.05, 4.69) is 15.6 Å². The van der Waals surface area contributed by atoms with Crippen molar-refractivity contribution in [2.24, 2.45) is 4.99 Å². The Morgan fingerprint density at radius 3 is 2.65 bits per heavy atom. The summed E-state index contributed by atoms with van der Waals surface area (Å²) in [5.41, 5.74) is 0.583. The lowest BCUT2D eigenvalue weighted by Crippen LogP contribution is -2.38. The summed E-state index contributed by atoms with van der Waals surface area (Å²) in [5, 5.41) is 6.26. The van der Waals surface area contributed by atoms with E-state index in [4.69, 9.17) is 9.15 Å². The smallest absolute Gasteiger partial charge is 0.422 e. The fourth-order valence-corrected chi connectivity index (χ4v) is 2.20. The van der Waals surface area contributed by atoms with Crippen molar-refractivity contribution >= 4 is 5.96 Å². The summed E-state index contributed by atoms with van der Waals surface area (Å²) >= 11 is 0. The molecule has 26 heavy (non-hydrogen) atoms. The first kappa shape index (κ1) is 19.7. The quantitative estimate of drug-likeness (QED) is 0.552. The van der Waals surface area contributed by atoms with Gasteiger partial charge in [0, 0.05) is 25.1 Å². The van der Waals surface area contributed by atoms with E-state index < -0.39 is 12.8 Å². The van der Waals surface area contributed by atoms with Crippen LogP contribution in [0.3, 0.4) is 0 Å². The van der Waals surface area contributed by atoms with E-state index in [9.17, 15) is 13.2 Å². The molecule has 2 aromatic rings. The van der Waals surface area contributed by atoms with Gasteiger partial charge >= 0.3 is 6.18 Å². The monoisotopic (exact) mass is 369 g/mol. The summed E-state index contributed by atoms with van der Waals surface area (Å²) in [5.74, 6) is 1.61. The van der Waals surface area contributed by atoms with Crippen LogP contribution in [0.1, 0.15) is 18.2 Å². The standard InChI is InChI=1S/C18H22F3N3O2/c1-2-22-17(23-10-9-15-7-5-11-25-15)24-12-14-6-3-4-8-16(14)26-13-18(19,20)21/h3-8,11H,2,9-10,12-13H2,1H3,(H2,22,23,24). The molecule has 0 unspecified atom stereocenters. The fraction of sp³-hybridized carbons (Fsp3) is 0.389. The lowest BCUT2D eigenvalue weighted by atomic mass is 10.2. The Morgan fingerprint density at radius 1 is 1.15 bits per heavy atom. The van der Waals surface area contributed by atoms with Crippen molar-refractivity contribution in [1.29, 1.82) is 0 Å². The molecular weight excluding hydrogens is 347 g/mol. The first-order valence-electron chi connectivity index (χ1n) is 8.30. The predicted molar refractivity (Wildman–Crippen MR) is 93.2 cm³/mol. The van der Waals surface area contributed by atoms with Gasteiger partial charge in [-0.3, -0.25) is 0 Å². The molecule has 2 N–H and O–H groups in total. The van der Waals surface area contributed by atoms with E-state index in [1.54, 1.807) is 24.5 Å². The second-order valence-corrected chi connectivity index (χ2v) is 5.46. The highest BCUT2D eigenvalue weighted by Crippen LogP contribution is 2.22. The summed E-state index contributed by atoms with van der Waals surface area (Å²) in [6.07, 6.45) is -2.06. The zero-order chi connectivity index (χ0) is 18.8. The molecule has 0 amide bonds. The van der Waals surface area contributed by atoms with Crippen molar-refractivity contribution in [3.05, 3.63) is 54.0 Å². The Kier molecular flexibility index (Phi) is 7.37. The predicted octanol–water partition coefficient (Wildman–Crippen LogP) is 3.52. The van der Waals surface area contributed by atoms with Crippen LogP contribution in [-0.4, -0.2) is 31.8 Å². The molecule has 1 heterocycles. The summed E-state index contributed by atoms with van der Waals surface area (Å²) in [6.45, 7) is 2.09. The van der Waals surface area contributed by atoms with Crippen LogP contribution >= 0.6 is 0 Å². The van der Waals surface area contributed by atoms with Crippen molar-refractivity contribution in [1.82, 2.24) is 10.6 Å². The maximum absolute atomic E-state index is 12.4. The second kappa shape index (κ2) is 9.74. The molecule has 2 rings (SSSR count). The van der Waals surface area contributed by atoms with Crippen molar-refractivity contribution < 1.29 is 22.3 Å². The molecule has 0 saturated heterocycles.